The van der Waals surface area contributed by atoms with Crippen molar-refractivity contribution < 1.29 is 23.1 Å². The van der Waals surface area contributed by atoms with Gasteiger partial charge in [0.05, 0.1) is 6.61 Å². The second kappa shape index (κ2) is 10.0. The van der Waals surface area contributed by atoms with Gasteiger partial charge in [0, 0.05) is 18.5 Å². The lowest BCUT2D eigenvalue weighted by atomic mass is 10.1. The van der Waals surface area contributed by atoms with E-state index in [9.17, 15) is 18.4 Å². The highest BCUT2D eigenvalue weighted by molar-refractivity contribution is 6.31. The molecule has 8 heteroatoms. The smallest absolute Gasteiger partial charge is 0.246 e. The second-order valence-corrected chi connectivity index (χ2v) is 6.56. The Kier molecular flexibility index (Phi) is 7.75. The molecule has 0 aliphatic heterocycles. The summed E-state index contributed by atoms with van der Waals surface area (Å²) >= 11 is 5.95. The van der Waals surface area contributed by atoms with Gasteiger partial charge in [-0.05, 0) is 54.8 Å². The Morgan fingerprint density at radius 2 is 1.89 bits per heavy atom. The molecule has 0 aliphatic carbocycles. The third-order valence-electron chi connectivity index (χ3n) is 4.04. The molecular weight excluding hydrogens is 390 g/mol. The van der Waals surface area contributed by atoms with E-state index in [4.69, 9.17) is 16.3 Å². The van der Waals surface area contributed by atoms with Gasteiger partial charge in [-0.2, -0.15) is 0 Å². The molecule has 0 bridgehead atoms. The fourth-order valence-corrected chi connectivity index (χ4v) is 2.62. The minimum atomic E-state index is -1.12. The number of ether oxygens (including phenoxy) is 1. The molecule has 2 aromatic rings. The SMILES string of the molecule is CNC(=O)C(NC(=O)CCCOc1ccc(Cl)c(C)c1)c1ccc(F)c(F)c1. The van der Waals surface area contributed by atoms with Crippen LogP contribution in [0.25, 0.3) is 0 Å². The number of nitrogens with one attached hydrogen (secondary N) is 2. The van der Waals surface area contributed by atoms with Crippen LogP contribution in [0.1, 0.15) is 30.0 Å². The zero-order chi connectivity index (χ0) is 20.7. The maximum absolute atomic E-state index is 13.5. The minimum Gasteiger partial charge on any atom is -0.494 e. The van der Waals surface area contributed by atoms with Gasteiger partial charge in [-0.1, -0.05) is 17.7 Å². The Labute approximate surface area is 167 Å². The van der Waals surface area contributed by atoms with Gasteiger partial charge in [-0.25, -0.2) is 8.78 Å². The number of hydrogen-bond acceptors (Lipinski definition) is 3. The Morgan fingerprint density at radius 3 is 2.54 bits per heavy atom. The predicted octanol–water partition coefficient (Wildman–Crippen LogP) is 3.69. The summed E-state index contributed by atoms with van der Waals surface area (Å²) in [6.45, 7) is 2.16. The number of halogens is 3. The van der Waals surface area contributed by atoms with Crippen molar-refractivity contribution in [2.24, 2.45) is 0 Å². The van der Waals surface area contributed by atoms with Gasteiger partial charge in [0.1, 0.15) is 11.8 Å². The molecule has 150 valence electrons. The van der Waals surface area contributed by atoms with Gasteiger partial charge in [0.25, 0.3) is 0 Å². The number of rotatable bonds is 8. The van der Waals surface area contributed by atoms with Crippen molar-refractivity contribution in [3.8, 4) is 5.75 Å². The highest BCUT2D eigenvalue weighted by Gasteiger charge is 2.22. The van der Waals surface area contributed by atoms with Crippen molar-refractivity contribution in [3.05, 3.63) is 64.2 Å². The molecule has 2 aromatic carbocycles. The van der Waals surface area contributed by atoms with Crippen molar-refractivity contribution in [3.63, 3.8) is 0 Å². The lowest BCUT2D eigenvalue weighted by molar-refractivity contribution is -0.129. The van der Waals surface area contributed by atoms with E-state index in [0.29, 0.717) is 23.8 Å². The number of carbonyl (C=O) groups excluding carboxylic acids is 2. The van der Waals surface area contributed by atoms with E-state index in [0.717, 1.165) is 17.7 Å². The summed E-state index contributed by atoms with van der Waals surface area (Å²) in [4.78, 5) is 24.2. The van der Waals surface area contributed by atoms with E-state index in [1.54, 1.807) is 18.2 Å². The summed E-state index contributed by atoms with van der Waals surface area (Å²) in [6, 6.07) is 7.20. The third kappa shape index (κ3) is 5.92. The number of likely N-dealkylation sites (N-methyl/N-ethyl adjacent to an activating group) is 1. The fraction of sp³-hybridized carbons (Fsp3) is 0.300. The fourth-order valence-electron chi connectivity index (χ4n) is 2.50. The first-order valence-electron chi connectivity index (χ1n) is 8.66. The van der Waals surface area contributed by atoms with Crippen molar-refractivity contribution in [1.29, 1.82) is 0 Å². The molecule has 0 aliphatic rings. The van der Waals surface area contributed by atoms with Crippen molar-refractivity contribution in [1.82, 2.24) is 10.6 Å². The van der Waals surface area contributed by atoms with Crippen LogP contribution in [-0.4, -0.2) is 25.5 Å². The number of benzene rings is 2. The molecule has 0 fully saturated rings. The predicted molar refractivity (Wildman–Crippen MR) is 102 cm³/mol. The summed E-state index contributed by atoms with van der Waals surface area (Å²) in [5.74, 6) is -2.42. The quantitative estimate of drug-likeness (QED) is 0.652. The second-order valence-electron chi connectivity index (χ2n) is 6.15. The first-order chi connectivity index (χ1) is 13.3. The molecule has 0 aromatic heterocycles. The molecule has 0 spiro atoms. The van der Waals surface area contributed by atoms with E-state index in [1.165, 1.54) is 13.1 Å². The van der Waals surface area contributed by atoms with Crippen LogP contribution in [0.3, 0.4) is 0 Å². The van der Waals surface area contributed by atoms with Crippen LogP contribution in [0.2, 0.25) is 5.02 Å². The van der Waals surface area contributed by atoms with Crippen LogP contribution in [0.5, 0.6) is 5.75 Å². The van der Waals surface area contributed by atoms with Crippen LogP contribution in [0.15, 0.2) is 36.4 Å². The Hall–Kier alpha value is -2.67. The maximum atomic E-state index is 13.5. The van der Waals surface area contributed by atoms with Crippen LogP contribution in [-0.2, 0) is 9.59 Å². The van der Waals surface area contributed by atoms with Gasteiger partial charge in [-0.15, -0.1) is 0 Å². The largest absolute Gasteiger partial charge is 0.494 e. The lowest BCUT2D eigenvalue weighted by Gasteiger charge is -2.18. The van der Waals surface area contributed by atoms with Gasteiger partial charge in [-0.3, -0.25) is 9.59 Å². The van der Waals surface area contributed by atoms with E-state index in [1.807, 2.05) is 6.92 Å². The Bertz CT molecular complexity index is 861. The molecule has 1 atom stereocenters. The molecule has 2 rings (SSSR count). The van der Waals surface area contributed by atoms with Crippen molar-refractivity contribution in [2.45, 2.75) is 25.8 Å². The Morgan fingerprint density at radius 1 is 1.14 bits per heavy atom. The van der Waals surface area contributed by atoms with Gasteiger partial charge < -0.3 is 15.4 Å². The molecule has 1 unspecified atom stereocenters. The Balaban J connectivity index is 1.89. The summed E-state index contributed by atoms with van der Waals surface area (Å²) in [5, 5.41) is 5.57. The molecule has 28 heavy (non-hydrogen) atoms. The van der Waals surface area contributed by atoms with Crippen LogP contribution < -0.4 is 15.4 Å². The van der Waals surface area contributed by atoms with Crippen molar-refractivity contribution >= 4 is 23.4 Å². The van der Waals surface area contributed by atoms with Gasteiger partial charge in [0.2, 0.25) is 11.8 Å². The van der Waals surface area contributed by atoms with Gasteiger partial charge >= 0.3 is 0 Å². The minimum absolute atomic E-state index is 0.101. The average molecular weight is 411 g/mol. The molecule has 0 saturated heterocycles. The highest BCUT2D eigenvalue weighted by Crippen LogP contribution is 2.21. The van der Waals surface area contributed by atoms with E-state index in [2.05, 4.69) is 10.6 Å². The normalized spacial score (nSPS) is 11.6. The average Bonchev–Trinajstić information content (AvgIpc) is 2.67. The topological polar surface area (TPSA) is 67.4 Å². The monoisotopic (exact) mass is 410 g/mol. The summed E-state index contributed by atoms with van der Waals surface area (Å²) in [7, 11) is 1.39. The molecule has 2 N–H and O–H groups in total. The zero-order valence-electron chi connectivity index (χ0n) is 15.5. The standard InChI is InChI=1S/C20H21ClF2N2O3/c1-12-10-14(6-7-15(12)21)28-9-3-4-18(26)25-19(20(27)24-2)13-5-8-16(22)17(23)11-13/h5-8,10-11,19H,3-4,9H2,1-2H3,(H,24,27)(H,25,26). The molecular formula is C20H21ClF2N2O3. The van der Waals surface area contributed by atoms with E-state index >= 15 is 0 Å². The first-order valence-corrected chi connectivity index (χ1v) is 9.04. The van der Waals surface area contributed by atoms with E-state index in [-0.39, 0.29) is 12.0 Å². The molecule has 0 radical (unpaired) electrons. The van der Waals surface area contributed by atoms with Crippen LogP contribution >= 0.6 is 11.6 Å². The number of aryl methyl sites for hydroxylation is 1. The lowest BCUT2D eigenvalue weighted by Crippen LogP contribution is -2.39. The summed E-state index contributed by atoms with van der Waals surface area (Å²) in [6.07, 6.45) is 0.509. The summed E-state index contributed by atoms with van der Waals surface area (Å²) in [5.41, 5.74) is 1.04. The maximum Gasteiger partial charge on any atom is 0.246 e. The number of carbonyl (C=O) groups is 2. The third-order valence-corrected chi connectivity index (χ3v) is 4.46. The molecule has 2 amide bonds. The van der Waals surface area contributed by atoms with Crippen LogP contribution in [0, 0.1) is 18.6 Å². The van der Waals surface area contributed by atoms with Crippen molar-refractivity contribution in [2.75, 3.05) is 13.7 Å². The molecule has 0 heterocycles. The van der Waals surface area contributed by atoms with Gasteiger partial charge in [0.15, 0.2) is 11.6 Å². The zero-order valence-corrected chi connectivity index (χ0v) is 16.3. The van der Waals surface area contributed by atoms with E-state index < -0.39 is 29.5 Å². The highest BCUT2D eigenvalue weighted by atomic mass is 35.5. The molecule has 5 nitrogen and oxygen atoms in total. The number of hydrogen-bond donors (Lipinski definition) is 2. The molecule has 0 saturated carbocycles. The number of amides is 2. The summed E-state index contributed by atoms with van der Waals surface area (Å²) < 4.78 is 32.1. The van der Waals surface area contributed by atoms with Crippen LogP contribution in [0.4, 0.5) is 8.78 Å². The first kappa shape index (κ1) is 21.6.